The van der Waals surface area contributed by atoms with Gasteiger partial charge in [0.1, 0.15) is 0 Å². The van der Waals surface area contributed by atoms with E-state index in [4.69, 9.17) is 0 Å². The summed E-state index contributed by atoms with van der Waals surface area (Å²) in [5.74, 6) is 1.32. The second-order valence-corrected chi connectivity index (χ2v) is 6.44. The van der Waals surface area contributed by atoms with Gasteiger partial charge in [0.25, 0.3) is 0 Å². The molecule has 0 bridgehead atoms. The summed E-state index contributed by atoms with van der Waals surface area (Å²) in [5, 5.41) is 6.24. The van der Waals surface area contributed by atoms with E-state index in [2.05, 4.69) is 36.6 Å². The Morgan fingerprint density at radius 1 is 1.14 bits per heavy atom. The van der Waals surface area contributed by atoms with Crippen molar-refractivity contribution in [2.45, 2.75) is 51.9 Å². The third kappa shape index (κ3) is 5.41. The molecule has 1 saturated carbocycles. The van der Waals surface area contributed by atoms with Crippen molar-refractivity contribution >= 4 is 11.6 Å². The van der Waals surface area contributed by atoms with Crippen LogP contribution in [0.4, 0.5) is 5.69 Å². The summed E-state index contributed by atoms with van der Waals surface area (Å²) in [5.41, 5.74) is 2.33. The van der Waals surface area contributed by atoms with E-state index >= 15 is 0 Å². The van der Waals surface area contributed by atoms with Gasteiger partial charge >= 0.3 is 0 Å². The molecule has 2 rings (SSSR count). The lowest BCUT2D eigenvalue weighted by molar-refractivity contribution is -0.119. The molecule has 0 saturated heterocycles. The van der Waals surface area contributed by atoms with Crippen molar-refractivity contribution in [2.24, 2.45) is 5.92 Å². The average molecular weight is 288 g/mol. The van der Waals surface area contributed by atoms with Gasteiger partial charge in [0.15, 0.2) is 0 Å². The van der Waals surface area contributed by atoms with Gasteiger partial charge in [0.2, 0.25) is 5.91 Å². The lowest BCUT2D eigenvalue weighted by atomic mass is 9.89. The average Bonchev–Trinajstić information content (AvgIpc) is 2.52. The summed E-state index contributed by atoms with van der Waals surface area (Å²) in [6, 6.07) is 8.33. The minimum atomic E-state index is 0.0912. The van der Waals surface area contributed by atoms with Gasteiger partial charge in [-0.15, -0.1) is 0 Å². The lowest BCUT2D eigenvalue weighted by Gasteiger charge is -2.21. The van der Waals surface area contributed by atoms with Crippen LogP contribution in [0.3, 0.4) is 0 Å². The van der Waals surface area contributed by atoms with Gasteiger partial charge in [0, 0.05) is 12.2 Å². The summed E-state index contributed by atoms with van der Waals surface area (Å²) < 4.78 is 0. The molecule has 0 atom stereocenters. The summed E-state index contributed by atoms with van der Waals surface area (Å²) in [4.78, 5) is 11.9. The van der Waals surface area contributed by atoms with Crippen LogP contribution in [0.25, 0.3) is 0 Å². The second kappa shape index (κ2) is 8.06. The molecule has 0 aliphatic heterocycles. The molecule has 21 heavy (non-hydrogen) atoms. The van der Waals surface area contributed by atoms with E-state index < -0.39 is 0 Å². The molecule has 116 valence electrons. The zero-order valence-electron chi connectivity index (χ0n) is 13.3. The standard InChI is InChI=1S/C18H28N2O/c1-14(2)16-8-10-17(11-9-16)19-13-18(21)20-12-15-6-4-3-5-7-15/h8-11,14-15,19H,3-7,12-13H2,1-2H3,(H,20,21). The predicted octanol–water partition coefficient (Wildman–Crippen LogP) is 3.92. The second-order valence-electron chi connectivity index (χ2n) is 6.44. The summed E-state index contributed by atoms with van der Waals surface area (Å²) in [6.07, 6.45) is 6.54. The molecule has 1 aliphatic carbocycles. The molecule has 0 radical (unpaired) electrons. The van der Waals surface area contributed by atoms with Crippen LogP contribution in [0.5, 0.6) is 0 Å². The van der Waals surface area contributed by atoms with E-state index in [1.165, 1.54) is 37.7 Å². The van der Waals surface area contributed by atoms with Gasteiger partial charge in [-0.1, -0.05) is 45.2 Å². The van der Waals surface area contributed by atoms with Gasteiger partial charge in [-0.2, -0.15) is 0 Å². The molecule has 1 fully saturated rings. The fraction of sp³-hybridized carbons (Fsp3) is 0.611. The fourth-order valence-corrected chi connectivity index (χ4v) is 2.88. The summed E-state index contributed by atoms with van der Waals surface area (Å²) in [6.45, 7) is 5.56. The third-order valence-corrected chi connectivity index (χ3v) is 4.34. The quantitative estimate of drug-likeness (QED) is 0.833. The van der Waals surface area contributed by atoms with Crippen LogP contribution >= 0.6 is 0 Å². The number of hydrogen-bond donors (Lipinski definition) is 2. The highest BCUT2D eigenvalue weighted by Gasteiger charge is 2.14. The van der Waals surface area contributed by atoms with Crippen molar-refractivity contribution < 1.29 is 4.79 Å². The molecule has 2 N–H and O–H groups in total. The Balaban J connectivity index is 1.68. The highest BCUT2D eigenvalue weighted by molar-refractivity contribution is 5.80. The Labute approximate surface area is 128 Å². The molecule has 0 unspecified atom stereocenters. The van der Waals surface area contributed by atoms with Gasteiger partial charge in [-0.3, -0.25) is 4.79 Å². The molecular weight excluding hydrogens is 260 g/mol. The van der Waals surface area contributed by atoms with E-state index in [0.717, 1.165) is 12.2 Å². The minimum Gasteiger partial charge on any atom is -0.376 e. The molecular formula is C18H28N2O. The highest BCUT2D eigenvalue weighted by atomic mass is 16.1. The SMILES string of the molecule is CC(C)c1ccc(NCC(=O)NCC2CCCCC2)cc1. The van der Waals surface area contributed by atoms with E-state index in [1.54, 1.807) is 0 Å². The molecule has 0 spiro atoms. The largest absolute Gasteiger partial charge is 0.376 e. The number of benzene rings is 1. The number of rotatable bonds is 6. The molecule has 1 aromatic rings. The molecule has 0 heterocycles. The van der Waals surface area contributed by atoms with Gasteiger partial charge in [-0.25, -0.2) is 0 Å². The Bertz CT molecular complexity index is 433. The topological polar surface area (TPSA) is 41.1 Å². The van der Waals surface area contributed by atoms with E-state index in [1.807, 2.05) is 12.1 Å². The maximum atomic E-state index is 11.9. The van der Waals surface area contributed by atoms with Crippen LogP contribution in [0.15, 0.2) is 24.3 Å². The summed E-state index contributed by atoms with van der Waals surface area (Å²) in [7, 11) is 0. The Kier molecular flexibility index (Phi) is 6.09. The van der Waals surface area contributed by atoms with Gasteiger partial charge in [-0.05, 0) is 42.4 Å². The van der Waals surface area contributed by atoms with E-state index in [9.17, 15) is 4.79 Å². The van der Waals surface area contributed by atoms with Gasteiger partial charge in [0.05, 0.1) is 6.54 Å². The Morgan fingerprint density at radius 3 is 2.43 bits per heavy atom. The van der Waals surface area contributed by atoms with E-state index in [-0.39, 0.29) is 5.91 Å². The van der Waals surface area contributed by atoms with Crippen LogP contribution in [0.1, 0.15) is 57.4 Å². The molecule has 1 aliphatic rings. The molecule has 0 aromatic heterocycles. The van der Waals surface area contributed by atoms with Crippen molar-refractivity contribution in [1.29, 1.82) is 0 Å². The Hall–Kier alpha value is -1.51. The zero-order chi connectivity index (χ0) is 15.1. The van der Waals surface area contributed by atoms with Crippen LogP contribution in [-0.2, 0) is 4.79 Å². The molecule has 1 aromatic carbocycles. The first-order valence-corrected chi connectivity index (χ1v) is 8.25. The van der Waals surface area contributed by atoms with Crippen LogP contribution in [0, 0.1) is 5.92 Å². The number of carbonyl (C=O) groups is 1. The smallest absolute Gasteiger partial charge is 0.239 e. The fourth-order valence-electron chi connectivity index (χ4n) is 2.88. The zero-order valence-corrected chi connectivity index (χ0v) is 13.3. The maximum Gasteiger partial charge on any atom is 0.239 e. The number of anilines is 1. The minimum absolute atomic E-state index is 0.0912. The number of hydrogen-bond acceptors (Lipinski definition) is 2. The third-order valence-electron chi connectivity index (χ3n) is 4.34. The lowest BCUT2D eigenvalue weighted by Crippen LogP contribution is -2.34. The first-order valence-electron chi connectivity index (χ1n) is 8.25. The predicted molar refractivity (Wildman–Crippen MR) is 88.6 cm³/mol. The molecule has 1 amide bonds. The normalized spacial score (nSPS) is 16.0. The first-order chi connectivity index (χ1) is 10.1. The van der Waals surface area contributed by atoms with Crippen LogP contribution in [-0.4, -0.2) is 19.0 Å². The van der Waals surface area contributed by atoms with Crippen molar-refractivity contribution in [3.63, 3.8) is 0 Å². The van der Waals surface area contributed by atoms with Crippen molar-refractivity contribution in [2.75, 3.05) is 18.4 Å². The van der Waals surface area contributed by atoms with Gasteiger partial charge < -0.3 is 10.6 Å². The maximum absolute atomic E-state index is 11.9. The van der Waals surface area contributed by atoms with E-state index in [0.29, 0.717) is 18.4 Å². The van der Waals surface area contributed by atoms with Crippen LogP contribution < -0.4 is 10.6 Å². The van der Waals surface area contributed by atoms with Crippen molar-refractivity contribution in [3.8, 4) is 0 Å². The monoisotopic (exact) mass is 288 g/mol. The highest BCUT2D eigenvalue weighted by Crippen LogP contribution is 2.22. The number of nitrogens with one attached hydrogen (secondary N) is 2. The van der Waals surface area contributed by atoms with Crippen LogP contribution in [0.2, 0.25) is 0 Å². The van der Waals surface area contributed by atoms with Crippen molar-refractivity contribution in [1.82, 2.24) is 5.32 Å². The first kappa shape index (κ1) is 15.9. The molecule has 3 heteroatoms. The molecule has 3 nitrogen and oxygen atoms in total. The summed E-state index contributed by atoms with van der Waals surface area (Å²) >= 11 is 0. The van der Waals surface area contributed by atoms with Crippen molar-refractivity contribution in [3.05, 3.63) is 29.8 Å². The Morgan fingerprint density at radius 2 is 1.81 bits per heavy atom. The number of amides is 1. The number of carbonyl (C=O) groups excluding carboxylic acids is 1.